The molecule has 0 unspecified atom stereocenters. The van der Waals surface area contributed by atoms with Crippen LogP contribution in [0.5, 0.6) is 5.75 Å². The van der Waals surface area contributed by atoms with Crippen molar-refractivity contribution in [1.82, 2.24) is 14.7 Å². The summed E-state index contributed by atoms with van der Waals surface area (Å²) in [6.45, 7) is 5.24. The summed E-state index contributed by atoms with van der Waals surface area (Å²) in [5.74, 6) is -0.312. The van der Waals surface area contributed by atoms with Crippen LogP contribution in [0.4, 0.5) is 4.39 Å². The fraction of sp³-hybridized carbons (Fsp3) is 0.345. The number of hydrogen-bond donors (Lipinski definition) is 0. The molecule has 194 valence electrons. The van der Waals surface area contributed by atoms with Gasteiger partial charge in [-0.05, 0) is 49.2 Å². The van der Waals surface area contributed by atoms with Crippen LogP contribution in [0.15, 0.2) is 59.6 Å². The molecule has 1 fully saturated rings. The Bertz CT molecular complexity index is 1270. The third-order valence-electron chi connectivity index (χ3n) is 6.08. The summed E-state index contributed by atoms with van der Waals surface area (Å²) in [5.41, 5.74) is 2.77. The molecule has 1 aromatic heterocycles. The van der Waals surface area contributed by atoms with Gasteiger partial charge in [0.2, 0.25) is 0 Å². The van der Waals surface area contributed by atoms with Crippen LogP contribution < -0.4 is 4.74 Å². The smallest absolute Gasteiger partial charge is 0.266 e. The monoisotopic (exact) mass is 537 g/mol. The number of aromatic nitrogens is 2. The van der Waals surface area contributed by atoms with Crippen molar-refractivity contribution in [3.05, 3.63) is 71.0 Å². The molecule has 1 aliphatic heterocycles. The Morgan fingerprint density at radius 3 is 2.57 bits per heavy atom. The largest absolute Gasteiger partial charge is 0.491 e. The molecule has 0 aliphatic carbocycles. The zero-order valence-electron chi connectivity index (χ0n) is 21.3. The molecular formula is C29H32FN3O2S2. The van der Waals surface area contributed by atoms with Gasteiger partial charge in [0.1, 0.15) is 10.0 Å². The van der Waals surface area contributed by atoms with Gasteiger partial charge in [-0.25, -0.2) is 9.07 Å². The summed E-state index contributed by atoms with van der Waals surface area (Å²) < 4.78 is 22.7. The quantitative estimate of drug-likeness (QED) is 0.135. The van der Waals surface area contributed by atoms with Gasteiger partial charge < -0.3 is 4.74 Å². The number of ether oxygens (including phenoxy) is 1. The Balaban J connectivity index is 1.64. The van der Waals surface area contributed by atoms with Gasteiger partial charge in [-0.2, -0.15) is 5.10 Å². The second kappa shape index (κ2) is 13.0. The van der Waals surface area contributed by atoms with E-state index in [9.17, 15) is 9.18 Å². The van der Waals surface area contributed by atoms with Crippen molar-refractivity contribution in [1.29, 1.82) is 0 Å². The van der Waals surface area contributed by atoms with E-state index < -0.39 is 5.82 Å². The molecule has 8 heteroatoms. The van der Waals surface area contributed by atoms with Crippen molar-refractivity contribution in [2.45, 2.75) is 52.4 Å². The van der Waals surface area contributed by atoms with E-state index in [4.69, 9.17) is 22.1 Å². The van der Waals surface area contributed by atoms with E-state index in [-0.39, 0.29) is 11.7 Å². The van der Waals surface area contributed by atoms with E-state index in [1.54, 1.807) is 21.7 Å². The molecule has 0 radical (unpaired) electrons. The lowest BCUT2D eigenvalue weighted by molar-refractivity contribution is -0.122. The molecule has 5 nitrogen and oxygen atoms in total. The summed E-state index contributed by atoms with van der Waals surface area (Å²) in [6.07, 6.45) is 10.1. The van der Waals surface area contributed by atoms with Gasteiger partial charge in [-0.1, -0.05) is 81.7 Å². The van der Waals surface area contributed by atoms with Crippen LogP contribution in [-0.2, 0) is 4.79 Å². The maximum absolute atomic E-state index is 14.8. The minimum absolute atomic E-state index is 0.0848. The average Bonchev–Trinajstić information content (AvgIpc) is 3.44. The Labute approximate surface area is 227 Å². The van der Waals surface area contributed by atoms with Gasteiger partial charge in [0.05, 0.1) is 17.2 Å². The second-order valence-electron chi connectivity index (χ2n) is 8.95. The summed E-state index contributed by atoms with van der Waals surface area (Å²) in [5, 5.41) is 4.76. The van der Waals surface area contributed by atoms with E-state index in [1.807, 2.05) is 49.5 Å². The number of nitrogens with zero attached hydrogens (tertiary/aromatic N) is 3. The minimum Gasteiger partial charge on any atom is -0.491 e. The standard InChI is InChI=1S/C29H32FN3O2S2/c1-3-5-6-7-11-16-32-28(34)26(37-29(32)36)19-22-20-33(23-12-9-8-10-13-23)31-27(22)21-14-15-25(24(30)18-21)35-17-4-2/h8-10,12-15,18-20H,3-7,11,16-17H2,1-2H3. The predicted octanol–water partition coefficient (Wildman–Crippen LogP) is 7.64. The van der Waals surface area contributed by atoms with Crippen molar-refractivity contribution in [2.75, 3.05) is 13.2 Å². The first-order valence-corrected chi connectivity index (χ1v) is 14.1. The fourth-order valence-corrected chi connectivity index (χ4v) is 5.41. The average molecular weight is 538 g/mol. The van der Waals surface area contributed by atoms with Crippen molar-refractivity contribution >= 4 is 40.3 Å². The number of carbonyl (C=O) groups is 1. The van der Waals surface area contributed by atoms with Crippen LogP contribution in [0.1, 0.15) is 57.9 Å². The number of unbranched alkanes of at least 4 members (excludes halogenated alkanes) is 4. The Kier molecular flexibility index (Phi) is 9.52. The lowest BCUT2D eigenvalue weighted by atomic mass is 10.1. The van der Waals surface area contributed by atoms with Crippen molar-refractivity contribution in [3.8, 4) is 22.7 Å². The highest BCUT2D eigenvalue weighted by molar-refractivity contribution is 8.26. The highest BCUT2D eigenvalue weighted by Crippen LogP contribution is 2.36. The number of thiocarbonyl (C=S) groups is 1. The lowest BCUT2D eigenvalue weighted by Gasteiger charge is -2.13. The van der Waals surface area contributed by atoms with E-state index >= 15 is 0 Å². The van der Waals surface area contributed by atoms with Crippen LogP contribution in [0, 0.1) is 5.82 Å². The van der Waals surface area contributed by atoms with E-state index in [2.05, 4.69) is 6.92 Å². The molecule has 2 heterocycles. The van der Waals surface area contributed by atoms with E-state index in [1.165, 1.54) is 37.1 Å². The zero-order chi connectivity index (χ0) is 26.2. The molecule has 1 saturated heterocycles. The number of benzene rings is 2. The van der Waals surface area contributed by atoms with Gasteiger partial charge in [-0.15, -0.1) is 0 Å². The SMILES string of the molecule is CCCCCCCN1C(=O)C(=Cc2cn(-c3ccccc3)nc2-c2ccc(OCCC)c(F)c2)SC1=S. The molecule has 1 amide bonds. The molecule has 4 rings (SSSR count). The summed E-state index contributed by atoms with van der Waals surface area (Å²) in [4.78, 5) is 15.5. The van der Waals surface area contributed by atoms with Crippen LogP contribution in [0.2, 0.25) is 0 Å². The maximum Gasteiger partial charge on any atom is 0.266 e. The zero-order valence-corrected chi connectivity index (χ0v) is 22.9. The number of para-hydroxylation sites is 1. The molecule has 0 atom stereocenters. The molecule has 37 heavy (non-hydrogen) atoms. The van der Waals surface area contributed by atoms with Crippen LogP contribution in [-0.4, -0.2) is 38.1 Å². The third kappa shape index (κ3) is 6.67. The highest BCUT2D eigenvalue weighted by Gasteiger charge is 2.32. The number of halogens is 1. The molecule has 2 aromatic carbocycles. The number of thioether (sulfide) groups is 1. The lowest BCUT2D eigenvalue weighted by Crippen LogP contribution is -2.29. The van der Waals surface area contributed by atoms with Gasteiger partial charge in [0, 0.05) is 23.9 Å². The van der Waals surface area contributed by atoms with Crippen LogP contribution >= 0.6 is 24.0 Å². The molecule has 3 aromatic rings. The van der Waals surface area contributed by atoms with Crippen molar-refractivity contribution < 1.29 is 13.9 Å². The second-order valence-corrected chi connectivity index (χ2v) is 10.6. The van der Waals surface area contributed by atoms with Gasteiger partial charge >= 0.3 is 0 Å². The highest BCUT2D eigenvalue weighted by atomic mass is 32.2. The Morgan fingerprint density at radius 1 is 1.05 bits per heavy atom. The third-order valence-corrected chi connectivity index (χ3v) is 7.45. The summed E-state index contributed by atoms with van der Waals surface area (Å²) in [6, 6.07) is 14.5. The Hall–Kier alpha value is -2.97. The normalized spacial score (nSPS) is 14.7. The molecular weight excluding hydrogens is 505 g/mol. The molecule has 0 bridgehead atoms. The maximum atomic E-state index is 14.8. The predicted molar refractivity (Wildman–Crippen MR) is 153 cm³/mol. The number of hydrogen-bond acceptors (Lipinski definition) is 5. The summed E-state index contributed by atoms with van der Waals surface area (Å²) in [7, 11) is 0. The first-order valence-electron chi connectivity index (χ1n) is 12.8. The van der Waals surface area contributed by atoms with Crippen LogP contribution in [0.25, 0.3) is 23.0 Å². The topological polar surface area (TPSA) is 47.4 Å². The number of rotatable bonds is 12. The van der Waals surface area contributed by atoms with Crippen molar-refractivity contribution in [2.24, 2.45) is 0 Å². The van der Waals surface area contributed by atoms with E-state index in [0.717, 1.165) is 24.9 Å². The van der Waals surface area contributed by atoms with Gasteiger partial charge in [0.15, 0.2) is 11.6 Å². The van der Waals surface area contributed by atoms with Gasteiger partial charge in [-0.3, -0.25) is 9.69 Å². The minimum atomic E-state index is -0.444. The van der Waals surface area contributed by atoms with Crippen LogP contribution in [0.3, 0.4) is 0 Å². The first kappa shape index (κ1) is 27.1. The number of amides is 1. The molecule has 0 saturated carbocycles. The summed E-state index contributed by atoms with van der Waals surface area (Å²) >= 11 is 6.84. The fourth-order valence-electron chi connectivity index (χ4n) is 4.11. The molecule has 0 spiro atoms. The molecule has 1 aliphatic rings. The first-order chi connectivity index (χ1) is 18.0. The van der Waals surface area contributed by atoms with Gasteiger partial charge in [0.25, 0.3) is 5.91 Å². The number of carbonyl (C=O) groups excluding carboxylic acids is 1. The van der Waals surface area contributed by atoms with E-state index in [0.29, 0.717) is 39.2 Å². The Morgan fingerprint density at radius 2 is 1.84 bits per heavy atom. The van der Waals surface area contributed by atoms with Crippen molar-refractivity contribution in [3.63, 3.8) is 0 Å². The molecule has 0 N–H and O–H groups in total.